The number of hydrogen-bond donors (Lipinski definition) is 2. The Hall–Kier alpha value is -1.23. The van der Waals surface area contributed by atoms with E-state index in [9.17, 15) is 4.79 Å². The summed E-state index contributed by atoms with van der Waals surface area (Å²) >= 11 is 2.00. The predicted molar refractivity (Wildman–Crippen MR) is 80.8 cm³/mol. The standard InChI is InChI=1S/C14H21N3OS/c1-3-19-11-7-6-10(9-11)17-14(18)12-5-4-8-16-13(12)15-2/h4-5,8,10-11H,3,6-7,9H2,1-2H3,(H,15,16)(H,17,18). The summed E-state index contributed by atoms with van der Waals surface area (Å²) in [6.07, 6.45) is 5.05. The van der Waals surface area contributed by atoms with Crippen molar-refractivity contribution in [2.75, 3.05) is 18.1 Å². The Kier molecular flexibility index (Phi) is 5.07. The Morgan fingerprint density at radius 1 is 1.53 bits per heavy atom. The fourth-order valence-electron chi connectivity index (χ4n) is 2.51. The average molecular weight is 279 g/mol. The minimum absolute atomic E-state index is 0.0235. The molecular formula is C14H21N3OS. The Labute approximate surface area is 118 Å². The third-order valence-electron chi connectivity index (χ3n) is 3.41. The Morgan fingerprint density at radius 3 is 3.11 bits per heavy atom. The van der Waals surface area contributed by atoms with Gasteiger partial charge in [0, 0.05) is 24.5 Å². The molecule has 1 aromatic heterocycles. The third kappa shape index (κ3) is 3.62. The van der Waals surface area contributed by atoms with Crippen LogP contribution in [-0.4, -0.2) is 35.0 Å². The van der Waals surface area contributed by atoms with Crippen LogP contribution in [0.3, 0.4) is 0 Å². The van der Waals surface area contributed by atoms with Gasteiger partial charge in [0.05, 0.1) is 5.56 Å². The number of aromatic nitrogens is 1. The highest BCUT2D eigenvalue weighted by Crippen LogP contribution is 2.29. The van der Waals surface area contributed by atoms with E-state index in [0.717, 1.165) is 18.6 Å². The molecule has 0 saturated heterocycles. The van der Waals surface area contributed by atoms with Gasteiger partial charge in [0.1, 0.15) is 5.82 Å². The van der Waals surface area contributed by atoms with Crippen LogP contribution < -0.4 is 10.6 Å². The second kappa shape index (κ2) is 6.80. The minimum atomic E-state index is -0.0235. The quantitative estimate of drug-likeness (QED) is 0.869. The summed E-state index contributed by atoms with van der Waals surface area (Å²) < 4.78 is 0. The van der Waals surface area contributed by atoms with Crippen molar-refractivity contribution in [3.8, 4) is 0 Å². The molecule has 2 N–H and O–H groups in total. The highest BCUT2D eigenvalue weighted by atomic mass is 32.2. The number of thioether (sulfide) groups is 1. The summed E-state index contributed by atoms with van der Waals surface area (Å²) in [5.74, 6) is 1.76. The van der Waals surface area contributed by atoms with Crippen molar-refractivity contribution in [2.24, 2.45) is 0 Å². The lowest BCUT2D eigenvalue weighted by Gasteiger charge is -2.14. The van der Waals surface area contributed by atoms with Gasteiger partial charge in [0.25, 0.3) is 5.91 Å². The monoisotopic (exact) mass is 279 g/mol. The first-order chi connectivity index (χ1) is 9.24. The molecule has 19 heavy (non-hydrogen) atoms. The molecule has 0 radical (unpaired) electrons. The molecule has 1 fully saturated rings. The maximum Gasteiger partial charge on any atom is 0.255 e. The molecule has 1 aromatic rings. The van der Waals surface area contributed by atoms with E-state index < -0.39 is 0 Å². The molecule has 1 saturated carbocycles. The zero-order chi connectivity index (χ0) is 13.7. The van der Waals surface area contributed by atoms with Gasteiger partial charge in [-0.1, -0.05) is 6.92 Å². The van der Waals surface area contributed by atoms with E-state index in [-0.39, 0.29) is 5.91 Å². The summed E-state index contributed by atoms with van der Waals surface area (Å²) in [7, 11) is 1.78. The van der Waals surface area contributed by atoms with Crippen molar-refractivity contribution in [1.82, 2.24) is 10.3 Å². The van der Waals surface area contributed by atoms with Crippen LogP contribution in [0, 0.1) is 0 Å². The molecular weight excluding hydrogens is 258 g/mol. The van der Waals surface area contributed by atoms with E-state index in [1.165, 1.54) is 6.42 Å². The molecule has 2 atom stereocenters. The summed E-state index contributed by atoms with van der Waals surface area (Å²) in [6.45, 7) is 2.19. The number of carbonyl (C=O) groups is 1. The topological polar surface area (TPSA) is 54.0 Å². The number of nitrogens with zero attached hydrogens (tertiary/aromatic N) is 1. The number of hydrogen-bond acceptors (Lipinski definition) is 4. The molecule has 0 bridgehead atoms. The Morgan fingerprint density at radius 2 is 2.37 bits per heavy atom. The molecule has 0 aliphatic heterocycles. The number of anilines is 1. The first kappa shape index (κ1) is 14.2. The molecule has 2 unspecified atom stereocenters. The molecule has 1 heterocycles. The highest BCUT2D eigenvalue weighted by Gasteiger charge is 2.26. The van der Waals surface area contributed by atoms with E-state index in [1.54, 1.807) is 25.4 Å². The van der Waals surface area contributed by atoms with Crippen LogP contribution in [-0.2, 0) is 0 Å². The lowest BCUT2D eigenvalue weighted by molar-refractivity contribution is 0.0938. The van der Waals surface area contributed by atoms with Crippen molar-refractivity contribution in [3.05, 3.63) is 23.9 Å². The average Bonchev–Trinajstić information content (AvgIpc) is 2.86. The van der Waals surface area contributed by atoms with E-state index in [2.05, 4.69) is 22.5 Å². The molecule has 4 nitrogen and oxygen atoms in total. The van der Waals surface area contributed by atoms with Crippen LogP contribution in [0.5, 0.6) is 0 Å². The van der Waals surface area contributed by atoms with E-state index in [4.69, 9.17) is 0 Å². The number of amides is 1. The molecule has 5 heteroatoms. The summed E-state index contributed by atoms with van der Waals surface area (Å²) in [4.78, 5) is 16.4. The normalized spacial score (nSPS) is 22.2. The third-order valence-corrected chi connectivity index (χ3v) is 4.64. The van der Waals surface area contributed by atoms with Gasteiger partial charge in [0.2, 0.25) is 0 Å². The Bertz CT molecular complexity index is 438. The van der Waals surface area contributed by atoms with E-state index in [1.807, 2.05) is 11.8 Å². The lowest BCUT2D eigenvalue weighted by atomic mass is 10.2. The molecule has 1 amide bonds. The van der Waals surface area contributed by atoms with Gasteiger partial charge in [0.15, 0.2) is 0 Å². The number of rotatable bonds is 5. The van der Waals surface area contributed by atoms with Crippen LogP contribution in [0.1, 0.15) is 36.5 Å². The van der Waals surface area contributed by atoms with Gasteiger partial charge in [-0.2, -0.15) is 11.8 Å². The number of pyridine rings is 1. The second-order valence-corrected chi connectivity index (χ2v) is 6.29. The van der Waals surface area contributed by atoms with Crippen molar-refractivity contribution in [1.29, 1.82) is 0 Å². The van der Waals surface area contributed by atoms with Crippen LogP contribution in [0.25, 0.3) is 0 Å². The van der Waals surface area contributed by atoms with E-state index >= 15 is 0 Å². The van der Waals surface area contributed by atoms with Crippen molar-refractivity contribution in [3.63, 3.8) is 0 Å². The zero-order valence-electron chi connectivity index (χ0n) is 11.5. The fraction of sp³-hybridized carbons (Fsp3) is 0.571. The SMILES string of the molecule is CCSC1CCC(NC(=O)c2cccnc2NC)C1. The maximum atomic E-state index is 12.2. The van der Waals surface area contributed by atoms with Gasteiger partial charge in [-0.3, -0.25) is 4.79 Å². The smallest absolute Gasteiger partial charge is 0.255 e. The largest absolute Gasteiger partial charge is 0.372 e. The highest BCUT2D eigenvalue weighted by molar-refractivity contribution is 7.99. The van der Waals surface area contributed by atoms with Gasteiger partial charge in [-0.05, 0) is 37.1 Å². The second-order valence-electron chi connectivity index (χ2n) is 4.71. The molecule has 1 aliphatic carbocycles. The molecule has 2 rings (SSSR count). The van der Waals surface area contributed by atoms with Crippen LogP contribution in [0.4, 0.5) is 5.82 Å². The zero-order valence-corrected chi connectivity index (χ0v) is 12.3. The van der Waals surface area contributed by atoms with Gasteiger partial charge < -0.3 is 10.6 Å². The first-order valence-electron chi connectivity index (χ1n) is 6.79. The van der Waals surface area contributed by atoms with Crippen molar-refractivity contribution in [2.45, 2.75) is 37.5 Å². The lowest BCUT2D eigenvalue weighted by Crippen LogP contribution is -2.33. The van der Waals surface area contributed by atoms with Crippen molar-refractivity contribution < 1.29 is 4.79 Å². The van der Waals surface area contributed by atoms with Gasteiger partial charge >= 0.3 is 0 Å². The molecule has 1 aliphatic rings. The van der Waals surface area contributed by atoms with Crippen LogP contribution >= 0.6 is 11.8 Å². The van der Waals surface area contributed by atoms with Gasteiger partial charge in [-0.25, -0.2) is 4.98 Å². The molecule has 0 aromatic carbocycles. The molecule has 104 valence electrons. The Balaban J connectivity index is 1.94. The predicted octanol–water partition coefficient (Wildman–Crippen LogP) is 2.53. The minimum Gasteiger partial charge on any atom is -0.372 e. The van der Waals surface area contributed by atoms with Crippen LogP contribution in [0.15, 0.2) is 18.3 Å². The van der Waals surface area contributed by atoms with E-state index in [0.29, 0.717) is 22.7 Å². The summed E-state index contributed by atoms with van der Waals surface area (Å²) in [6, 6.07) is 3.91. The maximum absolute atomic E-state index is 12.2. The summed E-state index contributed by atoms with van der Waals surface area (Å²) in [5, 5.41) is 6.78. The summed E-state index contributed by atoms with van der Waals surface area (Å²) in [5.41, 5.74) is 0.622. The number of nitrogens with one attached hydrogen (secondary N) is 2. The van der Waals surface area contributed by atoms with Crippen molar-refractivity contribution >= 4 is 23.5 Å². The fourth-order valence-corrected chi connectivity index (χ4v) is 3.65. The first-order valence-corrected chi connectivity index (χ1v) is 7.84. The van der Waals surface area contributed by atoms with Gasteiger partial charge in [-0.15, -0.1) is 0 Å². The molecule has 0 spiro atoms. The number of carbonyl (C=O) groups excluding carboxylic acids is 1. The van der Waals surface area contributed by atoms with Crippen LogP contribution in [0.2, 0.25) is 0 Å².